The molecular weight excluding hydrogens is 455 g/mol. The standard InChI is InChI=1S/C27H24F3N3O2/c1-17(2)32(26(34)19-9-11-20(28)12-10-19)16-23-18(3)31-33(22-7-5-4-6-8-22)27(23)35-25-14-13-21(29)15-24(25)30/h4-15,17H,16H2,1-3H3. The number of carbonyl (C=O) groups excluding carboxylic acids is 1. The summed E-state index contributed by atoms with van der Waals surface area (Å²) in [5, 5.41) is 4.59. The fourth-order valence-corrected chi connectivity index (χ4v) is 3.65. The van der Waals surface area contributed by atoms with Crippen LogP contribution in [0.15, 0.2) is 72.8 Å². The number of hydrogen-bond donors (Lipinski definition) is 0. The normalized spacial score (nSPS) is 11.1. The average molecular weight is 480 g/mol. The summed E-state index contributed by atoms with van der Waals surface area (Å²) >= 11 is 0. The van der Waals surface area contributed by atoms with E-state index < -0.39 is 17.5 Å². The monoisotopic (exact) mass is 479 g/mol. The molecule has 3 aromatic carbocycles. The van der Waals surface area contributed by atoms with Crippen molar-refractivity contribution in [3.63, 3.8) is 0 Å². The molecule has 0 unspecified atom stereocenters. The van der Waals surface area contributed by atoms with Crippen LogP contribution >= 0.6 is 0 Å². The predicted molar refractivity (Wildman–Crippen MR) is 126 cm³/mol. The van der Waals surface area contributed by atoms with E-state index in [9.17, 15) is 18.0 Å². The van der Waals surface area contributed by atoms with Gasteiger partial charge >= 0.3 is 0 Å². The minimum atomic E-state index is -0.863. The lowest BCUT2D eigenvalue weighted by atomic mass is 10.1. The molecule has 0 saturated heterocycles. The third-order valence-corrected chi connectivity index (χ3v) is 5.54. The first-order valence-corrected chi connectivity index (χ1v) is 11.1. The first-order chi connectivity index (χ1) is 16.7. The Kier molecular flexibility index (Phi) is 6.91. The maximum absolute atomic E-state index is 14.5. The highest BCUT2D eigenvalue weighted by Gasteiger charge is 2.26. The quantitative estimate of drug-likeness (QED) is 0.306. The molecule has 8 heteroatoms. The number of para-hydroxylation sites is 1. The molecule has 0 atom stereocenters. The van der Waals surface area contributed by atoms with Gasteiger partial charge in [-0.2, -0.15) is 5.10 Å². The van der Waals surface area contributed by atoms with E-state index >= 15 is 0 Å². The molecule has 180 valence electrons. The maximum Gasteiger partial charge on any atom is 0.254 e. The van der Waals surface area contributed by atoms with Gasteiger partial charge in [-0.05, 0) is 69.3 Å². The Labute approximate surface area is 201 Å². The van der Waals surface area contributed by atoms with Gasteiger partial charge in [-0.15, -0.1) is 0 Å². The summed E-state index contributed by atoms with van der Waals surface area (Å²) in [6, 6.07) is 17.3. The highest BCUT2D eigenvalue weighted by atomic mass is 19.1. The van der Waals surface area contributed by atoms with Gasteiger partial charge in [0.05, 0.1) is 23.5 Å². The van der Waals surface area contributed by atoms with Crippen LogP contribution in [-0.4, -0.2) is 26.6 Å². The number of benzene rings is 3. The molecule has 0 radical (unpaired) electrons. The van der Waals surface area contributed by atoms with E-state index in [2.05, 4.69) is 5.10 Å². The number of amides is 1. The van der Waals surface area contributed by atoms with Crippen molar-refractivity contribution in [3.8, 4) is 17.3 Å². The van der Waals surface area contributed by atoms with Crippen LogP contribution in [0.5, 0.6) is 11.6 Å². The number of ether oxygens (including phenoxy) is 1. The molecule has 4 rings (SSSR count). The number of carbonyl (C=O) groups is 1. The third-order valence-electron chi connectivity index (χ3n) is 5.54. The molecule has 1 aromatic heterocycles. The Hall–Kier alpha value is -4.07. The second-order valence-corrected chi connectivity index (χ2v) is 8.33. The van der Waals surface area contributed by atoms with Crippen LogP contribution in [-0.2, 0) is 6.54 Å². The molecule has 0 saturated carbocycles. The minimum Gasteiger partial charge on any atom is -0.435 e. The lowest BCUT2D eigenvalue weighted by Gasteiger charge is -2.27. The van der Waals surface area contributed by atoms with E-state index in [1.165, 1.54) is 35.0 Å². The summed E-state index contributed by atoms with van der Waals surface area (Å²) in [6.45, 7) is 5.59. The van der Waals surface area contributed by atoms with Gasteiger partial charge in [-0.25, -0.2) is 17.9 Å². The summed E-state index contributed by atoms with van der Waals surface area (Å²) < 4.78 is 48.8. The lowest BCUT2D eigenvalue weighted by Crippen LogP contribution is -2.36. The van der Waals surface area contributed by atoms with Crippen molar-refractivity contribution >= 4 is 5.91 Å². The molecule has 0 aliphatic heterocycles. The predicted octanol–water partition coefficient (Wildman–Crippen LogP) is 6.44. The Balaban J connectivity index is 1.78. The fraction of sp³-hybridized carbons (Fsp3) is 0.185. The van der Waals surface area contributed by atoms with Crippen molar-refractivity contribution in [1.29, 1.82) is 0 Å². The lowest BCUT2D eigenvalue weighted by molar-refractivity contribution is 0.0689. The number of aryl methyl sites for hydroxylation is 1. The molecule has 1 amide bonds. The van der Waals surface area contributed by atoms with E-state index in [4.69, 9.17) is 4.74 Å². The topological polar surface area (TPSA) is 47.4 Å². The Morgan fingerprint density at radius 2 is 1.63 bits per heavy atom. The molecule has 1 heterocycles. The SMILES string of the molecule is Cc1nn(-c2ccccc2)c(Oc2ccc(F)cc2F)c1CN(C(=O)c1ccc(F)cc1)C(C)C. The molecule has 0 fully saturated rings. The zero-order valence-electron chi connectivity index (χ0n) is 19.5. The Morgan fingerprint density at radius 3 is 2.26 bits per heavy atom. The molecule has 0 aliphatic carbocycles. The van der Waals surface area contributed by atoms with Crippen LogP contribution in [0.25, 0.3) is 5.69 Å². The summed E-state index contributed by atoms with van der Waals surface area (Å²) in [5.74, 6) is -2.29. The van der Waals surface area contributed by atoms with Crippen molar-refractivity contribution in [2.45, 2.75) is 33.4 Å². The molecule has 5 nitrogen and oxygen atoms in total. The van der Waals surface area contributed by atoms with Crippen molar-refractivity contribution in [1.82, 2.24) is 14.7 Å². The Morgan fingerprint density at radius 1 is 0.971 bits per heavy atom. The number of nitrogens with zero attached hydrogens (tertiary/aromatic N) is 3. The van der Waals surface area contributed by atoms with Gasteiger partial charge in [0.15, 0.2) is 11.6 Å². The summed E-state index contributed by atoms with van der Waals surface area (Å²) in [5.41, 5.74) is 2.13. The van der Waals surface area contributed by atoms with E-state index in [1.807, 2.05) is 44.2 Å². The number of hydrogen-bond acceptors (Lipinski definition) is 3. The van der Waals surface area contributed by atoms with E-state index in [0.29, 0.717) is 22.5 Å². The van der Waals surface area contributed by atoms with E-state index in [1.54, 1.807) is 11.8 Å². The van der Waals surface area contributed by atoms with Gasteiger partial charge < -0.3 is 9.64 Å². The van der Waals surface area contributed by atoms with Crippen molar-refractivity contribution < 1.29 is 22.7 Å². The van der Waals surface area contributed by atoms with Gasteiger partial charge in [0.1, 0.15) is 11.6 Å². The first-order valence-electron chi connectivity index (χ1n) is 11.1. The average Bonchev–Trinajstić information content (AvgIpc) is 3.14. The van der Waals surface area contributed by atoms with Gasteiger partial charge in [0.25, 0.3) is 5.91 Å². The smallest absolute Gasteiger partial charge is 0.254 e. The van der Waals surface area contributed by atoms with Crippen LogP contribution in [0.2, 0.25) is 0 Å². The van der Waals surface area contributed by atoms with Gasteiger partial charge in [-0.3, -0.25) is 4.79 Å². The number of aromatic nitrogens is 2. The van der Waals surface area contributed by atoms with E-state index in [0.717, 1.165) is 12.1 Å². The van der Waals surface area contributed by atoms with Crippen LogP contribution < -0.4 is 4.74 Å². The second kappa shape index (κ2) is 10.0. The molecule has 0 aliphatic rings. The summed E-state index contributed by atoms with van der Waals surface area (Å²) in [4.78, 5) is 14.9. The number of halogens is 3. The van der Waals surface area contributed by atoms with Crippen molar-refractivity contribution in [3.05, 3.63) is 107 Å². The van der Waals surface area contributed by atoms with Gasteiger partial charge in [0.2, 0.25) is 5.88 Å². The second-order valence-electron chi connectivity index (χ2n) is 8.33. The highest BCUT2D eigenvalue weighted by Crippen LogP contribution is 2.33. The maximum atomic E-state index is 14.5. The largest absolute Gasteiger partial charge is 0.435 e. The molecule has 35 heavy (non-hydrogen) atoms. The van der Waals surface area contributed by atoms with Gasteiger partial charge in [-0.1, -0.05) is 18.2 Å². The first kappa shape index (κ1) is 24.1. The van der Waals surface area contributed by atoms with Crippen LogP contribution in [0, 0.1) is 24.4 Å². The molecule has 0 bridgehead atoms. The zero-order valence-corrected chi connectivity index (χ0v) is 19.5. The summed E-state index contributed by atoms with van der Waals surface area (Å²) in [6.07, 6.45) is 0. The third kappa shape index (κ3) is 5.21. The minimum absolute atomic E-state index is 0.102. The van der Waals surface area contributed by atoms with Crippen LogP contribution in [0.4, 0.5) is 13.2 Å². The fourth-order valence-electron chi connectivity index (χ4n) is 3.65. The van der Waals surface area contributed by atoms with Crippen LogP contribution in [0.3, 0.4) is 0 Å². The van der Waals surface area contributed by atoms with Crippen molar-refractivity contribution in [2.24, 2.45) is 0 Å². The summed E-state index contributed by atoms with van der Waals surface area (Å²) in [7, 11) is 0. The number of rotatable bonds is 7. The molecule has 0 N–H and O–H groups in total. The van der Waals surface area contributed by atoms with Gasteiger partial charge in [0, 0.05) is 17.7 Å². The van der Waals surface area contributed by atoms with Crippen molar-refractivity contribution in [2.75, 3.05) is 0 Å². The highest BCUT2D eigenvalue weighted by molar-refractivity contribution is 5.94. The molecular formula is C27H24F3N3O2. The van der Waals surface area contributed by atoms with E-state index in [-0.39, 0.29) is 30.1 Å². The molecule has 0 spiro atoms. The Bertz CT molecular complexity index is 1340. The van der Waals surface area contributed by atoms with Crippen LogP contribution in [0.1, 0.15) is 35.5 Å². The zero-order chi connectivity index (χ0) is 25.1. The molecule has 4 aromatic rings.